The van der Waals surface area contributed by atoms with E-state index in [4.69, 9.17) is 0 Å². The Bertz CT molecular complexity index is 959. The van der Waals surface area contributed by atoms with Crippen LogP contribution < -0.4 is 15.4 Å². The summed E-state index contributed by atoms with van der Waals surface area (Å²) in [5.41, 5.74) is 1.10. The van der Waals surface area contributed by atoms with Crippen LogP contribution in [0, 0.1) is 13.8 Å². The van der Waals surface area contributed by atoms with Crippen LogP contribution in [0.4, 0.5) is 0 Å². The van der Waals surface area contributed by atoms with Crippen LogP contribution in [0.5, 0.6) is 0 Å². The summed E-state index contributed by atoms with van der Waals surface area (Å²) in [6, 6.07) is 6.96. The predicted molar refractivity (Wildman–Crippen MR) is 120 cm³/mol. The van der Waals surface area contributed by atoms with Gasteiger partial charge in [-0.3, -0.25) is 0 Å². The van der Waals surface area contributed by atoms with Crippen LogP contribution in [0.2, 0.25) is 0 Å². The Morgan fingerprint density at radius 1 is 1.17 bits per heavy atom. The summed E-state index contributed by atoms with van der Waals surface area (Å²) >= 11 is 1.66. The van der Waals surface area contributed by atoms with E-state index in [1.165, 1.54) is 0 Å². The molecule has 9 heteroatoms. The zero-order chi connectivity index (χ0) is 21.7. The molecule has 0 aliphatic heterocycles. The Balaban J connectivity index is 2.20. The summed E-state index contributed by atoms with van der Waals surface area (Å²) in [6.07, 6.45) is 0. The van der Waals surface area contributed by atoms with E-state index in [0.29, 0.717) is 24.6 Å². The van der Waals surface area contributed by atoms with Crippen LogP contribution in [0.25, 0.3) is 0 Å². The fourth-order valence-electron chi connectivity index (χ4n) is 2.76. The molecule has 0 aliphatic carbocycles. The van der Waals surface area contributed by atoms with Crippen molar-refractivity contribution in [2.45, 2.75) is 65.1 Å². The average Bonchev–Trinajstić information content (AvgIpc) is 2.93. The molecule has 0 unspecified atom stereocenters. The first-order valence-electron chi connectivity index (χ1n) is 9.59. The smallest absolute Gasteiger partial charge is 0.241 e. The van der Waals surface area contributed by atoms with Crippen LogP contribution in [0.1, 0.15) is 48.8 Å². The van der Waals surface area contributed by atoms with Crippen molar-refractivity contribution in [1.82, 2.24) is 20.3 Å². The number of hydrogen-bond donors (Lipinski definition) is 3. The van der Waals surface area contributed by atoms with Gasteiger partial charge in [-0.25, -0.2) is 23.1 Å². The molecule has 0 atom stereocenters. The molecule has 0 saturated heterocycles. The lowest BCUT2D eigenvalue weighted by atomic mass is 10.1. The molecule has 0 aliphatic rings. The van der Waals surface area contributed by atoms with Gasteiger partial charge in [-0.1, -0.05) is 18.2 Å². The third kappa shape index (κ3) is 7.09. The summed E-state index contributed by atoms with van der Waals surface area (Å²) in [6.45, 7) is 13.0. The van der Waals surface area contributed by atoms with Crippen molar-refractivity contribution >= 4 is 27.3 Å². The zero-order valence-electron chi connectivity index (χ0n) is 18.0. The van der Waals surface area contributed by atoms with Gasteiger partial charge < -0.3 is 10.6 Å². The largest absolute Gasteiger partial charge is 0.357 e. The van der Waals surface area contributed by atoms with Gasteiger partial charge in [0.2, 0.25) is 10.0 Å². The molecule has 0 radical (unpaired) electrons. The maximum atomic E-state index is 12.8. The Labute approximate surface area is 178 Å². The molecule has 7 nitrogen and oxygen atoms in total. The topological polar surface area (TPSA) is 95.5 Å². The van der Waals surface area contributed by atoms with Gasteiger partial charge in [-0.15, -0.1) is 11.3 Å². The minimum Gasteiger partial charge on any atom is -0.357 e. The van der Waals surface area contributed by atoms with E-state index in [9.17, 15) is 8.42 Å². The summed E-state index contributed by atoms with van der Waals surface area (Å²) in [5, 5.41) is 7.54. The number of nitrogens with one attached hydrogen (secondary N) is 3. The number of aromatic nitrogens is 1. The lowest BCUT2D eigenvalue weighted by Crippen LogP contribution is -2.40. The number of aryl methyl sites for hydroxylation is 2. The van der Waals surface area contributed by atoms with Crippen molar-refractivity contribution in [2.24, 2.45) is 4.99 Å². The van der Waals surface area contributed by atoms with Crippen molar-refractivity contribution in [3.8, 4) is 0 Å². The van der Waals surface area contributed by atoms with Gasteiger partial charge in [0.15, 0.2) is 5.96 Å². The van der Waals surface area contributed by atoms with Crippen molar-refractivity contribution in [2.75, 3.05) is 6.54 Å². The first-order chi connectivity index (χ1) is 13.5. The van der Waals surface area contributed by atoms with Crippen LogP contribution >= 0.6 is 11.3 Å². The number of rotatable bonds is 7. The van der Waals surface area contributed by atoms with E-state index in [2.05, 4.69) is 25.3 Å². The first-order valence-corrected chi connectivity index (χ1v) is 11.9. The highest BCUT2D eigenvalue weighted by molar-refractivity contribution is 7.89. The van der Waals surface area contributed by atoms with Crippen molar-refractivity contribution in [1.29, 1.82) is 0 Å². The van der Waals surface area contributed by atoms with Gasteiger partial charge in [-0.05, 0) is 53.2 Å². The molecule has 0 saturated carbocycles. The molecule has 1 aromatic heterocycles. The van der Waals surface area contributed by atoms with Gasteiger partial charge in [0.25, 0.3) is 0 Å². The van der Waals surface area contributed by atoms with Gasteiger partial charge in [0, 0.05) is 17.0 Å². The predicted octanol–water partition coefficient (Wildman–Crippen LogP) is 3.09. The maximum absolute atomic E-state index is 12.8. The number of sulfonamides is 1. The second-order valence-electron chi connectivity index (χ2n) is 7.75. The zero-order valence-corrected chi connectivity index (χ0v) is 19.6. The van der Waals surface area contributed by atoms with E-state index >= 15 is 0 Å². The van der Waals surface area contributed by atoms with Gasteiger partial charge in [-0.2, -0.15) is 0 Å². The molecule has 3 N–H and O–H groups in total. The summed E-state index contributed by atoms with van der Waals surface area (Å²) < 4.78 is 28.3. The summed E-state index contributed by atoms with van der Waals surface area (Å²) in [5.74, 6) is 0.633. The normalized spacial score (nSPS) is 12.8. The lowest BCUT2D eigenvalue weighted by molar-refractivity contribution is 0.491. The molecule has 2 aromatic rings. The minimum absolute atomic E-state index is 0.247. The third-order valence-electron chi connectivity index (χ3n) is 3.87. The molecular weight excluding hydrogens is 406 g/mol. The molecular formula is C20H31N5O2S2. The molecule has 29 heavy (non-hydrogen) atoms. The number of guanidine groups is 1. The summed E-state index contributed by atoms with van der Waals surface area (Å²) in [4.78, 5) is 10.4. The number of benzene rings is 1. The minimum atomic E-state index is -3.63. The van der Waals surface area contributed by atoms with Gasteiger partial charge in [0.05, 0.1) is 28.7 Å². The number of thiazole rings is 1. The molecule has 0 fully saturated rings. The molecule has 0 bridgehead atoms. The highest BCUT2D eigenvalue weighted by Crippen LogP contribution is 2.19. The Morgan fingerprint density at radius 3 is 2.45 bits per heavy atom. The standard InChI is InChI=1S/C20H31N5O2S2/c1-7-21-19(23-13-17-14(2)24-15(3)28-17)22-12-16-10-8-9-11-18(16)29(26,27)25-20(4,5)6/h8-11,25H,7,12-13H2,1-6H3,(H2,21,22,23). The first kappa shape index (κ1) is 23.3. The van der Waals surface area contributed by atoms with Crippen LogP contribution in [0.3, 0.4) is 0 Å². The molecule has 1 aromatic carbocycles. The van der Waals surface area contributed by atoms with Gasteiger partial charge in [0.1, 0.15) is 0 Å². The highest BCUT2D eigenvalue weighted by Gasteiger charge is 2.24. The Kier molecular flexibility index (Phi) is 7.79. The maximum Gasteiger partial charge on any atom is 0.241 e. The van der Waals surface area contributed by atoms with Crippen molar-refractivity contribution in [3.05, 3.63) is 45.4 Å². The number of hydrogen-bond acceptors (Lipinski definition) is 5. The van der Waals surface area contributed by atoms with E-state index in [0.717, 1.165) is 15.6 Å². The molecule has 160 valence electrons. The number of nitrogens with zero attached hydrogens (tertiary/aromatic N) is 2. The van der Waals surface area contributed by atoms with E-state index < -0.39 is 15.6 Å². The summed E-state index contributed by atoms with van der Waals surface area (Å²) in [7, 11) is -3.63. The molecule has 1 heterocycles. The quantitative estimate of drug-likeness (QED) is 0.457. The second kappa shape index (κ2) is 9.69. The van der Waals surface area contributed by atoms with E-state index in [1.807, 2.05) is 47.6 Å². The van der Waals surface area contributed by atoms with Crippen molar-refractivity contribution < 1.29 is 8.42 Å². The van der Waals surface area contributed by atoms with E-state index in [-0.39, 0.29) is 11.4 Å². The van der Waals surface area contributed by atoms with Gasteiger partial charge >= 0.3 is 0 Å². The second-order valence-corrected chi connectivity index (χ2v) is 10.7. The number of aliphatic imine (C=N–C) groups is 1. The van der Waals surface area contributed by atoms with Crippen molar-refractivity contribution in [3.63, 3.8) is 0 Å². The average molecular weight is 438 g/mol. The fraction of sp³-hybridized carbons (Fsp3) is 0.500. The molecule has 0 spiro atoms. The monoisotopic (exact) mass is 437 g/mol. The molecule has 0 amide bonds. The molecule has 2 rings (SSSR count). The van der Waals surface area contributed by atoms with Crippen LogP contribution in [-0.4, -0.2) is 31.4 Å². The third-order valence-corrected chi connectivity index (χ3v) is 6.80. The van der Waals surface area contributed by atoms with Crippen LogP contribution in [0.15, 0.2) is 34.2 Å². The van der Waals surface area contributed by atoms with Crippen LogP contribution in [-0.2, 0) is 23.1 Å². The van der Waals surface area contributed by atoms with E-state index in [1.54, 1.807) is 29.5 Å². The SMILES string of the molecule is CCNC(=NCc1ccccc1S(=O)(=O)NC(C)(C)C)NCc1sc(C)nc1C. The Morgan fingerprint density at radius 2 is 1.86 bits per heavy atom. The fourth-order valence-corrected chi connectivity index (χ4v) is 5.29. The Hall–Kier alpha value is -1.97. The highest BCUT2D eigenvalue weighted by atomic mass is 32.2. The lowest BCUT2D eigenvalue weighted by Gasteiger charge is -2.21.